The predicted molar refractivity (Wildman–Crippen MR) is 148 cm³/mol. The molecule has 0 aliphatic rings. The molecule has 36 heavy (non-hydrogen) atoms. The van der Waals surface area contributed by atoms with E-state index in [1.54, 1.807) is 0 Å². The molecule has 0 saturated carbocycles. The molecular weight excluding hydrogens is 440 g/mol. The van der Waals surface area contributed by atoms with E-state index in [2.05, 4.69) is 36.4 Å². The van der Waals surface area contributed by atoms with Gasteiger partial charge in [0.1, 0.15) is 12.2 Å². The molecule has 6 rings (SSSR count). The Balaban J connectivity index is 1.72. The SMILES string of the molecule is O[C@@H](c1ccccc1)c1ccc2ccccc2c1-c1c([C@@H](O)c2ccccc2)ccc2ccccc12. The molecule has 2 atom stereocenters. The van der Waals surface area contributed by atoms with E-state index in [1.807, 2.05) is 97.1 Å². The van der Waals surface area contributed by atoms with Gasteiger partial charge in [0.15, 0.2) is 0 Å². The summed E-state index contributed by atoms with van der Waals surface area (Å²) in [6.07, 6.45) is -1.63. The standard InChI is InChI=1S/C34H26O2/c35-33(25-13-3-1-4-14-25)29-21-19-23-11-7-9-17-27(23)31(29)32-28-18-10-8-12-24(28)20-22-30(32)34(36)26-15-5-2-6-16-26/h1-22,33-36H/t33-,34-/m0/s1. The first-order chi connectivity index (χ1) is 17.7. The van der Waals surface area contributed by atoms with Gasteiger partial charge < -0.3 is 10.2 Å². The number of aliphatic hydroxyl groups is 2. The lowest BCUT2D eigenvalue weighted by Gasteiger charge is -2.24. The van der Waals surface area contributed by atoms with Crippen molar-refractivity contribution in [1.29, 1.82) is 0 Å². The minimum absolute atomic E-state index is 0.813. The Bertz CT molecular complexity index is 1530. The summed E-state index contributed by atoms with van der Waals surface area (Å²) in [6.45, 7) is 0. The maximum atomic E-state index is 11.6. The van der Waals surface area contributed by atoms with Crippen LogP contribution in [0.3, 0.4) is 0 Å². The van der Waals surface area contributed by atoms with Gasteiger partial charge in [0.25, 0.3) is 0 Å². The number of benzene rings is 6. The molecule has 6 aromatic carbocycles. The molecule has 6 aromatic rings. The van der Waals surface area contributed by atoms with Crippen LogP contribution < -0.4 is 0 Å². The maximum Gasteiger partial charge on any atom is 0.105 e. The van der Waals surface area contributed by atoms with Gasteiger partial charge >= 0.3 is 0 Å². The van der Waals surface area contributed by atoms with Gasteiger partial charge in [0.05, 0.1) is 0 Å². The van der Waals surface area contributed by atoms with Gasteiger partial charge in [-0.15, -0.1) is 0 Å². The van der Waals surface area contributed by atoms with Crippen molar-refractivity contribution < 1.29 is 10.2 Å². The largest absolute Gasteiger partial charge is 0.384 e. The Morgan fingerprint density at radius 2 is 0.722 bits per heavy atom. The zero-order chi connectivity index (χ0) is 24.5. The van der Waals surface area contributed by atoms with E-state index in [9.17, 15) is 10.2 Å². The molecule has 0 aliphatic carbocycles. The van der Waals surface area contributed by atoms with E-state index in [0.29, 0.717) is 0 Å². The second-order valence-corrected chi connectivity index (χ2v) is 9.13. The van der Waals surface area contributed by atoms with Gasteiger partial charge in [-0.3, -0.25) is 0 Å². The summed E-state index contributed by atoms with van der Waals surface area (Å²) in [4.78, 5) is 0. The van der Waals surface area contributed by atoms with Gasteiger partial charge in [-0.05, 0) is 54.9 Å². The van der Waals surface area contributed by atoms with Crippen molar-refractivity contribution in [2.24, 2.45) is 0 Å². The van der Waals surface area contributed by atoms with E-state index < -0.39 is 12.2 Å². The lowest BCUT2D eigenvalue weighted by atomic mass is 9.82. The molecular formula is C34H26O2. The third kappa shape index (κ3) is 3.87. The van der Waals surface area contributed by atoms with Gasteiger partial charge in [-0.2, -0.15) is 0 Å². The molecule has 0 bridgehead atoms. The smallest absolute Gasteiger partial charge is 0.105 e. The normalized spacial score (nSPS) is 13.1. The van der Waals surface area contributed by atoms with Crippen molar-refractivity contribution >= 4 is 21.5 Å². The number of rotatable bonds is 5. The molecule has 174 valence electrons. The van der Waals surface area contributed by atoms with E-state index in [1.165, 1.54) is 0 Å². The summed E-state index contributed by atoms with van der Waals surface area (Å²) in [7, 11) is 0. The molecule has 2 N–H and O–H groups in total. The Morgan fingerprint density at radius 1 is 0.361 bits per heavy atom. The van der Waals surface area contributed by atoms with Crippen LogP contribution >= 0.6 is 0 Å². The van der Waals surface area contributed by atoms with Gasteiger partial charge in [-0.25, -0.2) is 0 Å². The molecule has 0 unspecified atom stereocenters. The molecule has 0 spiro atoms. The summed E-state index contributed by atoms with van der Waals surface area (Å²) in [5.41, 5.74) is 5.20. The third-order valence-electron chi connectivity index (χ3n) is 6.99. The fraction of sp³-hybridized carbons (Fsp3) is 0.0588. The molecule has 0 heterocycles. The van der Waals surface area contributed by atoms with Crippen LogP contribution in [0.2, 0.25) is 0 Å². The minimum Gasteiger partial charge on any atom is -0.384 e. The highest BCUT2D eigenvalue weighted by molar-refractivity contribution is 6.08. The van der Waals surface area contributed by atoms with Crippen molar-refractivity contribution in [3.8, 4) is 11.1 Å². The Morgan fingerprint density at radius 3 is 1.14 bits per heavy atom. The van der Waals surface area contributed by atoms with E-state index in [0.717, 1.165) is 54.9 Å². The Kier molecular flexibility index (Phi) is 5.82. The van der Waals surface area contributed by atoms with Gasteiger partial charge in [0, 0.05) is 0 Å². The molecule has 0 saturated heterocycles. The average molecular weight is 467 g/mol. The fourth-order valence-electron chi connectivity index (χ4n) is 5.22. The van der Waals surface area contributed by atoms with Crippen LogP contribution in [0.15, 0.2) is 133 Å². The monoisotopic (exact) mass is 466 g/mol. The molecule has 0 radical (unpaired) electrons. The maximum absolute atomic E-state index is 11.6. The molecule has 0 aliphatic heterocycles. The van der Waals surface area contributed by atoms with E-state index in [-0.39, 0.29) is 0 Å². The fourth-order valence-corrected chi connectivity index (χ4v) is 5.22. The zero-order valence-electron chi connectivity index (χ0n) is 19.8. The first-order valence-corrected chi connectivity index (χ1v) is 12.2. The summed E-state index contributed by atoms with van der Waals surface area (Å²) in [6, 6.07) is 44.2. The summed E-state index contributed by atoms with van der Waals surface area (Å²) in [5.74, 6) is 0. The Hall–Kier alpha value is -4.24. The van der Waals surface area contributed by atoms with Crippen molar-refractivity contribution in [1.82, 2.24) is 0 Å². The van der Waals surface area contributed by atoms with Crippen LogP contribution in [0, 0.1) is 0 Å². The molecule has 0 fully saturated rings. The molecule has 2 heteroatoms. The zero-order valence-corrected chi connectivity index (χ0v) is 19.8. The quantitative estimate of drug-likeness (QED) is 0.272. The first-order valence-electron chi connectivity index (χ1n) is 12.2. The predicted octanol–water partition coefficient (Wildman–Crippen LogP) is 7.82. The van der Waals surface area contributed by atoms with E-state index >= 15 is 0 Å². The topological polar surface area (TPSA) is 40.5 Å². The third-order valence-corrected chi connectivity index (χ3v) is 6.99. The number of hydrogen-bond acceptors (Lipinski definition) is 2. The van der Waals surface area contributed by atoms with Crippen LogP contribution in [-0.4, -0.2) is 10.2 Å². The number of hydrogen-bond donors (Lipinski definition) is 2. The molecule has 0 aromatic heterocycles. The summed E-state index contributed by atoms with van der Waals surface area (Å²) in [5, 5.41) is 27.6. The first kappa shape index (κ1) is 22.2. The van der Waals surface area contributed by atoms with Crippen molar-refractivity contribution in [2.45, 2.75) is 12.2 Å². The molecule has 2 nitrogen and oxygen atoms in total. The van der Waals surface area contributed by atoms with E-state index in [4.69, 9.17) is 0 Å². The highest BCUT2D eigenvalue weighted by atomic mass is 16.3. The van der Waals surface area contributed by atoms with Crippen LogP contribution in [0.1, 0.15) is 34.5 Å². The lowest BCUT2D eigenvalue weighted by Crippen LogP contribution is -2.07. The number of aliphatic hydroxyl groups excluding tert-OH is 2. The minimum atomic E-state index is -0.813. The van der Waals surface area contributed by atoms with Crippen LogP contribution in [-0.2, 0) is 0 Å². The second kappa shape index (κ2) is 9.43. The van der Waals surface area contributed by atoms with Crippen molar-refractivity contribution in [3.05, 3.63) is 156 Å². The Labute approximate surface area is 210 Å². The van der Waals surface area contributed by atoms with Crippen LogP contribution in [0.25, 0.3) is 32.7 Å². The highest BCUT2D eigenvalue weighted by Crippen LogP contribution is 2.44. The van der Waals surface area contributed by atoms with Crippen LogP contribution in [0.4, 0.5) is 0 Å². The summed E-state index contributed by atoms with van der Waals surface area (Å²) < 4.78 is 0. The summed E-state index contributed by atoms with van der Waals surface area (Å²) >= 11 is 0. The lowest BCUT2D eigenvalue weighted by molar-refractivity contribution is 0.219. The van der Waals surface area contributed by atoms with Crippen LogP contribution in [0.5, 0.6) is 0 Å². The van der Waals surface area contributed by atoms with Crippen molar-refractivity contribution in [2.75, 3.05) is 0 Å². The van der Waals surface area contributed by atoms with Crippen molar-refractivity contribution in [3.63, 3.8) is 0 Å². The van der Waals surface area contributed by atoms with Gasteiger partial charge in [0.2, 0.25) is 0 Å². The average Bonchev–Trinajstić information content (AvgIpc) is 2.96. The molecule has 0 amide bonds. The number of fused-ring (bicyclic) bond motifs is 2. The highest BCUT2D eigenvalue weighted by Gasteiger charge is 2.24. The second-order valence-electron chi connectivity index (χ2n) is 9.13. The van der Waals surface area contributed by atoms with Gasteiger partial charge in [-0.1, -0.05) is 133 Å².